The van der Waals surface area contributed by atoms with Crippen LogP contribution in [0.25, 0.3) is 0 Å². The first-order valence-electron chi connectivity index (χ1n) is 6.99. The van der Waals surface area contributed by atoms with Crippen molar-refractivity contribution >= 4 is 17.2 Å². The van der Waals surface area contributed by atoms with Gasteiger partial charge < -0.3 is 4.90 Å². The van der Waals surface area contributed by atoms with E-state index < -0.39 is 22.8 Å². The highest BCUT2D eigenvalue weighted by Gasteiger charge is 2.33. The molecule has 1 atom stereocenters. The van der Waals surface area contributed by atoms with E-state index in [-0.39, 0.29) is 11.5 Å². The first-order valence-corrected chi connectivity index (χ1v) is 7.81. The van der Waals surface area contributed by atoms with E-state index in [4.69, 9.17) is 0 Å². The number of rotatable bonds is 2. The summed E-state index contributed by atoms with van der Waals surface area (Å²) in [7, 11) is 0. The summed E-state index contributed by atoms with van der Waals surface area (Å²) in [6.45, 7) is 2.12. The molecule has 22 heavy (non-hydrogen) atoms. The lowest BCUT2D eigenvalue weighted by Gasteiger charge is -2.25. The highest BCUT2D eigenvalue weighted by atomic mass is 32.1. The fourth-order valence-corrected chi connectivity index (χ4v) is 3.74. The summed E-state index contributed by atoms with van der Waals surface area (Å²) in [5, 5.41) is -0.423. The monoisotopic (exact) mass is 325 g/mol. The van der Waals surface area contributed by atoms with Gasteiger partial charge in [-0.1, -0.05) is 0 Å². The average Bonchev–Trinajstić information content (AvgIpc) is 3.07. The third-order valence-electron chi connectivity index (χ3n) is 3.91. The van der Waals surface area contributed by atoms with Crippen LogP contribution in [0.5, 0.6) is 0 Å². The number of carbonyl (C=O) groups excluding carboxylic acids is 1. The fourth-order valence-electron chi connectivity index (χ4n) is 2.89. The van der Waals surface area contributed by atoms with E-state index in [0.29, 0.717) is 29.8 Å². The van der Waals surface area contributed by atoms with E-state index in [1.165, 1.54) is 11.0 Å². The molecule has 116 valence electrons. The van der Waals surface area contributed by atoms with Crippen molar-refractivity contribution in [3.8, 4) is 0 Å². The first-order chi connectivity index (χ1) is 10.5. The Hall–Kier alpha value is -1.82. The van der Waals surface area contributed by atoms with Crippen LogP contribution in [0.15, 0.2) is 24.3 Å². The minimum absolute atomic E-state index is 0.181. The molecule has 1 aromatic carbocycles. The van der Waals surface area contributed by atoms with Gasteiger partial charge in [-0.25, -0.2) is 8.78 Å². The number of thiophene rings is 1. The van der Waals surface area contributed by atoms with Gasteiger partial charge in [0.05, 0.1) is 10.9 Å². The van der Waals surface area contributed by atoms with Crippen LogP contribution < -0.4 is 0 Å². The summed E-state index contributed by atoms with van der Waals surface area (Å²) in [6, 6.07) is 4.06. The molecule has 1 aromatic heterocycles. The minimum Gasteiger partial charge on any atom is -0.331 e. The van der Waals surface area contributed by atoms with Gasteiger partial charge >= 0.3 is 0 Å². The molecule has 0 bridgehead atoms. The lowest BCUT2D eigenvalue weighted by Crippen LogP contribution is -2.30. The van der Waals surface area contributed by atoms with Crippen LogP contribution in [0.2, 0.25) is 0 Å². The molecular weight excluding hydrogens is 311 g/mol. The number of nitrogens with zero attached hydrogens (tertiary/aromatic N) is 1. The predicted octanol–water partition coefficient (Wildman–Crippen LogP) is 4.45. The molecule has 2 aromatic rings. The molecule has 1 aliphatic rings. The van der Waals surface area contributed by atoms with Crippen LogP contribution >= 0.6 is 11.3 Å². The van der Waals surface area contributed by atoms with E-state index in [1.54, 1.807) is 6.92 Å². The van der Waals surface area contributed by atoms with Gasteiger partial charge in [0.1, 0.15) is 11.6 Å². The van der Waals surface area contributed by atoms with E-state index in [9.17, 15) is 18.0 Å². The molecule has 3 rings (SSSR count). The van der Waals surface area contributed by atoms with Crippen molar-refractivity contribution in [1.82, 2.24) is 4.90 Å². The zero-order valence-electron chi connectivity index (χ0n) is 11.9. The predicted molar refractivity (Wildman–Crippen MR) is 78.4 cm³/mol. The van der Waals surface area contributed by atoms with Gasteiger partial charge in [-0.3, -0.25) is 4.79 Å². The Morgan fingerprint density at radius 2 is 2.05 bits per heavy atom. The van der Waals surface area contributed by atoms with E-state index in [0.717, 1.165) is 29.5 Å². The van der Waals surface area contributed by atoms with Crippen molar-refractivity contribution in [3.05, 3.63) is 57.0 Å². The maximum Gasteiger partial charge on any atom is 0.264 e. The van der Waals surface area contributed by atoms with Crippen molar-refractivity contribution in [1.29, 1.82) is 0 Å². The molecule has 0 aliphatic carbocycles. The molecule has 1 amide bonds. The van der Waals surface area contributed by atoms with Gasteiger partial charge in [0.15, 0.2) is 5.13 Å². The van der Waals surface area contributed by atoms with Crippen molar-refractivity contribution in [2.24, 2.45) is 0 Å². The summed E-state index contributed by atoms with van der Waals surface area (Å²) in [6.07, 6.45) is 1.28. The number of benzene rings is 1. The van der Waals surface area contributed by atoms with Crippen molar-refractivity contribution in [2.75, 3.05) is 6.54 Å². The number of halogens is 3. The Morgan fingerprint density at radius 3 is 2.73 bits per heavy atom. The maximum atomic E-state index is 14.0. The van der Waals surface area contributed by atoms with Crippen molar-refractivity contribution < 1.29 is 18.0 Å². The molecule has 1 unspecified atom stereocenters. The standard InChI is InChI=1S/C16H14F3NOS/c1-9-7-14(19)22-15(9)16(21)20-6-2-3-13(20)11-8-10(17)4-5-12(11)18/h4-5,7-8,13H,2-3,6H2,1H3. The average molecular weight is 325 g/mol. The second-order valence-electron chi connectivity index (χ2n) is 5.39. The van der Waals surface area contributed by atoms with Crippen LogP contribution in [-0.4, -0.2) is 17.4 Å². The number of amides is 1. The Kier molecular flexibility index (Phi) is 3.95. The summed E-state index contributed by atoms with van der Waals surface area (Å²) in [5.74, 6) is -1.38. The van der Waals surface area contributed by atoms with Gasteiger partial charge in [0.25, 0.3) is 5.91 Å². The molecule has 2 heterocycles. The molecule has 1 aliphatic heterocycles. The maximum absolute atomic E-state index is 14.0. The molecule has 0 spiro atoms. The third-order valence-corrected chi connectivity index (χ3v) is 4.93. The Morgan fingerprint density at radius 1 is 1.27 bits per heavy atom. The Balaban J connectivity index is 1.95. The van der Waals surface area contributed by atoms with Crippen LogP contribution in [0, 0.1) is 23.7 Å². The molecule has 2 nitrogen and oxygen atoms in total. The number of carbonyl (C=O) groups is 1. The summed E-state index contributed by atoms with van der Waals surface area (Å²) in [4.78, 5) is 14.4. The zero-order valence-corrected chi connectivity index (χ0v) is 12.7. The molecule has 1 fully saturated rings. The van der Waals surface area contributed by atoms with Gasteiger partial charge in [-0.15, -0.1) is 11.3 Å². The number of aryl methyl sites for hydroxylation is 1. The minimum atomic E-state index is -0.533. The van der Waals surface area contributed by atoms with Crippen LogP contribution in [-0.2, 0) is 0 Å². The summed E-state index contributed by atoms with van der Waals surface area (Å²) >= 11 is 0.788. The van der Waals surface area contributed by atoms with E-state index in [2.05, 4.69) is 0 Å². The molecule has 1 saturated heterocycles. The molecule has 0 saturated carbocycles. The second kappa shape index (κ2) is 5.76. The smallest absolute Gasteiger partial charge is 0.264 e. The molecule has 0 radical (unpaired) electrons. The number of hydrogen-bond donors (Lipinski definition) is 0. The lowest BCUT2D eigenvalue weighted by atomic mass is 10.0. The second-order valence-corrected chi connectivity index (χ2v) is 6.39. The topological polar surface area (TPSA) is 20.3 Å². The van der Waals surface area contributed by atoms with Crippen molar-refractivity contribution in [3.63, 3.8) is 0 Å². The lowest BCUT2D eigenvalue weighted by molar-refractivity contribution is 0.0737. The van der Waals surface area contributed by atoms with Gasteiger partial charge in [-0.2, -0.15) is 4.39 Å². The van der Waals surface area contributed by atoms with Gasteiger partial charge in [0, 0.05) is 12.1 Å². The van der Waals surface area contributed by atoms with Crippen molar-refractivity contribution in [2.45, 2.75) is 25.8 Å². The normalized spacial score (nSPS) is 18.0. The summed E-state index contributed by atoms with van der Waals surface area (Å²) in [5.41, 5.74) is 0.749. The van der Waals surface area contributed by atoms with Crippen LogP contribution in [0.3, 0.4) is 0 Å². The summed E-state index contributed by atoms with van der Waals surface area (Å²) < 4.78 is 40.7. The van der Waals surface area contributed by atoms with Gasteiger partial charge in [0.2, 0.25) is 0 Å². The van der Waals surface area contributed by atoms with E-state index >= 15 is 0 Å². The SMILES string of the molecule is Cc1cc(F)sc1C(=O)N1CCCC1c1cc(F)ccc1F. The Bertz CT molecular complexity index is 728. The quantitative estimate of drug-likeness (QED) is 0.799. The largest absolute Gasteiger partial charge is 0.331 e. The molecular formula is C16H14F3NOS. The third kappa shape index (κ3) is 2.63. The Labute approximate surface area is 130 Å². The van der Waals surface area contributed by atoms with Crippen LogP contribution in [0.1, 0.15) is 39.7 Å². The number of hydrogen-bond acceptors (Lipinski definition) is 2. The fraction of sp³-hybridized carbons (Fsp3) is 0.312. The molecule has 6 heteroatoms. The highest BCUT2D eigenvalue weighted by Crippen LogP contribution is 2.36. The molecule has 0 N–H and O–H groups in total. The first kappa shape index (κ1) is 15.1. The van der Waals surface area contributed by atoms with Gasteiger partial charge in [-0.05, 0) is 49.6 Å². The number of likely N-dealkylation sites (tertiary alicyclic amines) is 1. The van der Waals surface area contributed by atoms with Crippen LogP contribution in [0.4, 0.5) is 13.2 Å². The van der Waals surface area contributed by atoms with E-state index in [1.807, 2.05) is 0 Å². The zero-order chi connectivity index (χ0) is 15.9. The highest BCUT2D eigenvalue weighted by molar-refractivity contribution is 7.12.